The zero-order chi connectivity index (χ0) is 15.8. The quantitative estimate of drug-likeness (QED) is 0.626. The number of aromatic nitrogens is 2. The van der Waals surface area contributed by atoms with Crippen molar-refractivity contribution in [3.05, 3.63) is 50.8 Å². The molecule has 108 valence electrons. The normalized spacial score (nSPS) is 11.2. The van der Waals surface area contributed by atoms with Gasteiger partial charge in [-0.3, -0.25) is 10.1 Å². The van der Waals surface area contributed by atoms with E-state index >= 15 is 0 Å². The summed E-state index contributed by atoms with van der Waals surface area (Å²) in [7, 11) is 0. The SMILES string of the molecule is CC(C)(C)c1nn(-c2ccc(C#N)cc2)c(Cl)c1[N+](=O)[O-]. The van der Waals surface area contributed by atoms with Crippen molar-refractivity contribution in [1.82, 2.24) is 9.78 Å². The maximum absolute atomic E-state index is 11.3. The van der Waals surface area contributed by atoms with Gasteiger partial charge in [-0.1, -0.05) is 32.4 Å². The van der Waals surface area contributed by atoms with Gasteiger partial charge in [-0.05, 0) is 24.3 Å². The van der Waals surface area contributed by atoms with Gasteiger partial charge in [0, 0.05) is 5.41 Å². The largest absolute Gasteiger partial charge is 0.330 e. The maximum atomic E-state index is 11.3. The highest BCUT2D eigenvalue weighted by Gasteiger charge is 2.34. The summed E-state index contributed by atoms with van der Waals surface area (Å²) >= 11 is 6.13. The van der Waals surface area contributed by atoms with Crippen molar-refractivity contribution in [2.24, 2.45) is 0 Å². The van der Waals surface area contributed by atoms with Gasteiger partial charge in [0.1, 0.15) is 5.69 Å². The number of halogens is 1. The molecular formula is C14H13ClN4O2. The van der Waals surface area contributed by atoms with Crippen LogP contribution >= 0.6 is 11.6 Å². The summed E-state index contributed by atoms with van der Waals surface area (Å²) in [6.07, 6.45) is 0. The smallest absolute Gasteiger partial charge is 0.258 e. The Morgan fingerprint density at radius 3 is 2.29 bits per heavy atom. The number of benzene rings is 1. The molecule has 0 fully saturated rings. The van der Waals surface area contributed by atoms with Gasteiger partial charge in [-0.15, -0.1) is 0 Å². The summed E-state index contributed by atoms with van der Waals surface area (Å²) in [6, 6.07) is 8.52. The predicted octanol–water partition coefficient (Wildman–Crippen LogP) is 3.60. The number of hydrogen-bond acceptors (Lipinski definition) is 4. The van der Waals surface area contributed by atoms with Gasteiger partial charge in [-0.2, -0.15) is 10.4 Å². The van der Waals surface area contributed by atoms with Crippen LogP contribution < -0.4 is 0 Å². The lowest BCUT2D eigenvalue weighted by Gasteiger charge is -2.13. The van der Waals surface area contributed by atoms with Gasteiger partial charge in [0.2, 0.25) is 5.15 Å². The molecule has 0 saturated carbocycles. The van der Waals surface area contributed by atoms with E-state index in [4.69, 9.17) is 16.9 Å². The first-order valence-corrected chi connectivity index (χ1v) is 6.57. The summed E-state index contributed by atoms with van der Waals surface area (Å²) in [5.41, 5.74) is 0.685. The van der Waals surface area contributed by atoms with Crippen LogP contribution in [0, 0.1) is 21.4 Å². The lowest BCUT2D eigenvalue weighted by atomic mass is 9.91. The number of nitriles is 1. The molecule has 0 aliphatic heterocycles. The van der Waals surface area contributed by atoms with Gasteiger partial charge in [0.05, 0.1) is 22.2 Å². The summed E-state index contributed by atoms with van der Waals surface area (Å²) in [4.78, 5) is 10.7. The summed E-state index contributed by atoms with van der Waals surface area (Å²) in [5, 5.41) is 24.3. The van der Waals surface area contributed by atoms with Gasteiger partial charge in [0.15, 0.2) is 0 Å². The molecule has 0 amide bonds. The van der Waals surface area contributed by atoms with Crippen LogP contribution in [0.2, 0.25) is 5.15 Å². The van der Waals surface area contributed by atoms with Crippen molar-refractivity contribution < 1.29 is 4.92 Å². The van der Waals surface area contributed by atoms with E-state index in [1.54, 1.807) is 24.3 Å². The average Bonchev–Trinajstić information content (AvgIpc) is 2.76. The molecule has 0 atom stereocenters. The third kappa shape index (κ3) is 2.73. The fourth-order valence-corrected chi connectivity index (χ4v) is 2.20. The first kappa shape index (κ1) is 15.0. The maximum Gasteiger partial charge on any atom is 0.330 e. The van der Waals surface area contributed by atoms with E-state index in [-0.39, 0.29) is 10.8 Å². The monoisotopic (exact) mass is 304 g/mol. The Kier molecular flexibility index (Phi) is 3.71. The molecule has 0 saturated heterocycles. The first-order valence-electron chi connectivity index (χ1n) is 6.19. The molecule has 0 bridgehead atoms. The van der Waals surface area contributed by atoms with Crippen LogP contribution in [0.5, 0.6) is 0 Å². The van der Waals surface area contributed by atoms with Crippen molar-refractivity contribution in [3.8, 4) is 11.8 Å². The number of nitro groups is 1. The fraction of sp³-hybridized carbons (Fsp3) is 0.286. The Morgan fingerprint density at radius 2 is 1.90 bits per heavy atom. The van der Waals surface area contributed by atoms with Crippen LogP contribution in [0.3, 0.4) is 0 Å². The topological polar surface area (TPSA) is 84.8 Å². The highest BCUT2D eigenvalue weighted by Crippen LogP contribution is 2.37. The molecule has 0 unspecified atom stereocenters. The second-order valence-corrected chi connectivity index (χ2v) is 5.92. The first-order chi connectivity index (χ1) is 9.75. The van der Waals surface area contributed by atoms with E-state index in [0.717, 1.165) is 0 Å². The van der Waals surface area contributed by atoms with Crippen molar-refractivity contribution in [2.45, 2.75) is 26.2 Å². The van der Waals surface area contributed by atoms with Crippen molar-refractivity contribution >= 4 is 17.3 Å². The van der Waals surface area contributed by atoms with E-state index in [1.807, 2.05) is 26.8 Å². The van der Waals surface area contributed by atoms with Crippen LogP contribution in [0.25, 0.3) is 5.69 Å². The molecule has 1 aromatic heterocycles. The molecule has 2 rings (SSSR count). The Morgan fingerprint density at radius 1 is 1.33 bits per heavy atom. The Bertz CT molecular complexity index is 736. The molecule has 0 radical (unpaired) electrons. The van der Waals surface area contributed by atoms with Gasteiger partial charge in [0.25, 0.3) is 0 Å². The van der Waals surface area contributed by atoms with Crippen LogP contribution in [0.1, 0.15) is 32.0 Å². The Hall–Kier alpha value is -2.39. The molecule has 2 aromatic rings. The molecule has 1 heterocycles. The van der Waals surface area contributed by atoms with Gasteiger partial charge >= 0.3 is 5.69 Å². The lowest BCUT2D eigenvalue weighted by molar-refractivity contribution is -0.385. The summed E-state index contributed by atoms with van der Waals surface area (Å²) < 4.78 is 1.32. The molecule has 0 N–H and O–H groups in total. The Labute approximate surface area is 126 Å². The highest BCUT2D eigenvalue weighted by molar-refractivity contribution is 6.32. The van der Waals surface area contributed by atoms with Crippen molar-refractivity contribution in [2.75, 3.05) is 0 Å². The Balaban J connectivity index is 2.65. The zero-order valence-corrected chi connectivity index (χ0v) is 12.5. The van der Waals surface area contributed by atoms with Crippen LogP contribution in [0.15, 0.2) is 24.3 Å². The summed E-state index contributed by atoms with van der Waals surface area (Å²) in [6.45, 7) is 5.51. The number of nitrogens with zero attached hydrogens (tertiary/aromatic N) is 4. The van der Waals surface area contributed by atoms with E-state index < -0.39 is 10.3 Å². The van der Waals surface area contributed by atoms with E-state index in [9.17, 15) is 10.1 Å². The third-order valence-electron chi connectivity index (χ3n) is 2.94. The van der Waals surface area contributed by atoms with Crippen LogP contribution in [-0.4, -0.2) is 14.7 Å². The minimum absolute atomic E-state index is 0.0466. The lowest BCUT2D eigenvalue weighted by Crippen LogP contribution is -2.14. The van der Waals surface area contributed by atoms with Crippen molar-refractivity contribution in [3.63, 3.8) is 0 Å². The molecule has 6 nitrogen and oxygen atoms in total. The minimum Gasteiger partial charge on any atom is -0.258 e. The molecule has 0 aliphatic carbocycles. The highest BCUT2D eigenvalue weighted by atomic mass is 35.5. The molecule has 7 heteroatoms. The zero-order valence-electron chi connectivity index (χ0n) is 11.8. The standard InChI is InChI=1S/C14H13ClN4O2/c1-14(2,3)12-11(19(20)21)13(15)18(17-12)10-6-4-9(8-16)5-7-10/h4-7H,1-3H3. The summed E-state index contributed by atoms with van der Waals surface area (Å²) in [5.74, 6) is 0. The van der Waals surface area contributed by atoms with E-state index in [0.29, 0.717) is 16.9 Å². The number of hydrogen-bond donors (Lipinski definition) is 0. The number of rotatable bonds is 2. The second kappa shape index (κ2) is 5.19. The molecule has 0 aliphatic rings. The fourth-order valence-electron chi connectivity index (χ4n) is 1.90. The minimum atomic E-state index is -0.518. The molecule has 0 spiro atoms. The van der Waals surface area contributed by atoms with Crippen LogP contribution in [0.4, 0.5) is 5.69 Å². The van der Waals surface area contributed by atoms with E-state index in [1.165, 1.54) is 4.68 Å². The molecular weight excluding hydrogens is 292 g/mol. The van der Waals surface area contributed by atoms with Crippen molar-refractivity contribution in [1.29, 1.82) is 5.26 Å². The van der Waals surface area contributed by atoms with Crippen LogP contribution in [-0.2, 0) is 5.41 Å². The molecule has 21 heavy (non-hydrogen) atoms. The van der Waals surface area contributed by atoms with E-state index in [2.05, 4.69) is 5.10 Å². The predicted molar refractivity (Wildman–Crippen MR) is 78.6 cm³/mol. The third-order valence-corrected chi connectivity index (χ3v) is 3.28. The second-order valence-electron chi connectivity index (χ2n) is 5.57. The average molecular weight is 305 g/mol. The van der Waals surface area contributed by atoms with Gasteiger partial charge in [-0.25, -0.2) is 4.68 Å². The van der Waals surface area contributed by atoms with Gasteiger partial charge < -0.3 is 0 Å². The molecule has 1 aromatic carbocycles.